The van der Waals surface area contributed by atoms with Crippen molar-refractivity contribution in [2.45, 2.75) is 25.7 Å². The largest absolute Gasteiger partial charge is 0.507 e. The van der Waals surface area contributed by atoms with E-state index < -0.39 is 0 Å². The lowest BCUT2D eigenvalue weighted by Crippen LogP contribution is -2.00. The lowest BCUT2D eigenvalue weighted by Gasteiger charge is -2.10. The van der Waals surface area contributed by atoms with Crippen molar-refractivity contribution in [3.05, 3.63) is 35.4 Å². The molecule has 0 aliphatic heterocycles. The van der Waals surface area contributed by atoms with E-state index in [2.05, 4.69) is 27.4 Å². The zero-order chi connectivity index (χ0) is 14.8. The molecule has 0 spiro atoms. The summed E-state index contributed by atoms with van der Waals surface area (Å²) in [4.78, 5) is 0. The number of aromatic hydroxyl groups is 1. The first-order chi connectivity index (χ1) is 10.2. The molecule has 0 bridgehead atoms. The monoisotopic (exact) mass is 279 g/mol. The predicted octanol–water partition coefficient (Wildman–Crippen LogP) is 3.14. The summed E-state index contributed by atoms with van der Waals surface area (Å²) in [6.45, 7) is 1.78. The molecule has 1 saturated carbocycles. The van der Waals surface area contributed by atoms with Gasteiger partial charge in [-0.1, -0.05) is 5.92 Å². The van der Waals surface area contributed by atoms with E-state index in [-0.39, 0.29) is 5.75 Å². The first-order valence-corrected chi connectivity index (χ1v) is 7.04. The van der Waals surface area contributed by atoms with Crippen LogP contribution in [0.5, 0.6) is 5.75 Å². The minimum absolute atomic E-state index is 0.198. The number of nitrogens with zero attached hydrogens (tertiary/aromatic N) is 2. The van der Waals surface area contributed by atoms with Crippen molar-refractivity contribution >= 4 is 5.82 Å². The molecule has 1 aliphatic carbocycles. The fourth-order valence-corrected chi connectivity index (χ4v) is 2.40. The van der Waals surface area contributed by atoms with Crippen molar-refractivity contribution in [1.29, 1.82) is 0 Å². The van der Waals surface area contributed by atoms with Crippen LogP contribution in [-0.2, 0) is 0 Å². The molecule has 106 valence electrons. The highest BCUT2D eigenvalue weighted by atomic mass is 16.3. The van der Waals surface area contributed by atoms with E-state index in [1.807, 2.05) is 25.2 Å². The van der Waals surface area contributed by atoms with Crippen LogP contribution >= 0.6 is 0 Å². The zero-order valence-corrected chi connectivity index (χ0v) is 12.1. The molecule has 1 aliphatic rings. The number of phenolic OH excluding ortho intramolecular Hbond substituents is 1. The van der Waals surface area contributed by atoms with Crippen LogP contribution < -0.4 is 5.32 Å². The molecule has 1 fully saturated rings. The number of anilines is 1. The highest BCUT2D eigenvalue weighted by molar-refractivity contribution is 5.72. The van der Waals surface area contributed by atoms with E-state index >= 15 is 0 Å². The Bertz CT molecular complexity index is 739. The van der Waals surface area contributed by atoms with E-state index in [9.17, 15) is 5.11 Å². The molecule has 1 heterocycles. The lowest BCUT2D eigenvalue weighted by atomic mass is 10.0. The van der Waals surface area contributed by atoms with Gasteiger partial charge in [0.1, 0.15) is 17.3 Å². The molecule has 4 nitrogen and oxygen atoms in total. The summed E-state index contributed by atoms with van der Waals surface area (Å²) in [5, 5.41) is 21.7. The Balaban J connectivity index is 2.09. The summed E-state index contributed by atoms with van der Waals surface area (Å²) in [6.07, 6.45) is 2.34. The van der Waals surface area contributed by atoms with Crippen LogP contribution in [0.15, 0.2) is 24.3 Å². The van der Waals surface area contributed by atoms with Crippen molar-refractivity contribution in [2.75, 3.05) is 12.4 Å². The van der Waals surface area contributed by atoms with Crippen LogP contribution in [0.25, 0.3) is 11.3 Å². The number of phenols is 1. The summed E-state index contributed by atoms with van der Waals surface area (Å²) < 4.78 is 0. The Morgan fingerprint density at radius 3 is 2.67 bits per heavy atom. The third kappa shape index (κ3) is 2.68. The molecule has 0 atom stereocenters. The normalized spacial score (nSPS) is 13.4. The Morgan fingerprint density at radius 1 is 1.24 bits per heavy atom. The molecule has 1 aromatic carbocycles. The second-order valence-corrected chi connectivity index (χ2v) is 5.16. The Morgan fingerprint density at radius 2 is 2.05 bits per heavy atom. The van der Waals surface area contributed by atoms with Crippen molar-refractivity contribution in [3.63, 3.8) is 0 Å². The van der Waals surface area contributed by atoms with Gasteiger partial charge < -0.3 is 10.4 Å². The molecule has 0 unspecified atom stereocenters. The fraction of sp³-hybridized carbons (Fsp3) is 0.294. The second-order valence-electron chi connectivity index (χ2n) is 5.16. The number of rotatable bonds is 3. The molecule has 2 aromatic rings. The minimum atomic E-state index is 0.198. The summed E-state index contributed by atoms with van der Waals surface area (Å²) in [6, 6.07) is 7.47. The first-order valence-electron chi connectivity index (χ1n) is 7.04. The standard InChI is InChI=1S/C17H17N3O/c1-3-4-11-5-8-13(15(21)9-11)17-14(12-6-7-12)10-16(18-2)19-20-17/h5,8-10,12,21H,6-7H2,1-2H3,(H,18,19). The highest BCUT2D eigenvalue weighted by Gasteiger charge is 2.28. The topological polar surface area (TPSA) is 58.0 Å². The number of hydrogen-bond donors (Lipinski definition) is 2. The van der Waals surface area contributed by atoms with E-state index in [1.54, 1.807) is 13.0 Å². The SMILES string of the molecule is CC#Cc1ccc(-c2nnc(NC)cc2C2CC2)c(O)c1. The third-order valence-electron chi connectivity index (χ3n) is 3.62. The van der Waals surface area contributed by atoms with Gasteiger partial charge >= 0.3 is 0 Å². The van der Waals surface area contributed by atoms with E-state index in [0.717, 1.165) is 22.6 Å². The maximum atomic E-state index is 10.3. The summed E-state index contributed by atoms with van der Waals surface area (Å²) in [5.41, 5.74) is 3.43. The highest BCUT2D eigenvalue weighted by Crippen LogP contribution is 2.45. The fourth-order valence-electron chi connectivity index (χ4n) is 2.40. The van der Waals surface area contributed by atoms with Gasteiger partial charge in [-0.25, -0.2) is 0 Å². The van der Waals surface area contributed by atoms with Crippen LogP contribution in [0.2, 0.25) is 0 Å². The molecule has 21 heavy (non-hydrogen) atoms. The molecule has 2 N–H and O–H groups in total. The first kappa shape index (κ1) is 13.4. The van der Waals surface area contributed by atoms with E-state index in [1.165, 1.54) is 12.8 Å². The van der Waals surface area contributed by atoms with Crippen LogP contribution in [0.3, 0.4) is 0 Å². The maximum Gasteiger partial charge on any atom is 0.148 e. The summed E-state index contributed by atoms with van der Waals surface area (Å²) >= 11 is 0. The van der Waals surface area contributed by atoms with Gasteiger partial charge in [0.15, 0.2) is 0 Å². The average molecular weight is 279 g/mol. The zero-order valence-electron chi connectivity index (χ0n) is 12.1. The summed E-state index contributed by atoms with van der Waals surface area (Å²) in [7, 11) is 1.83. The van der Waals surface area contributed by atoms with Gasteiger partial charge in [-0.15, -0.1) is 16.1 Å². The van der Waals surface area contributed by atoms with Crippen molar-refractivity contribution in [2.24, 2.45) is 0 Å². The van der Waals surface area contributed by atoms with Crippen LogP contribution in [0, 0.1) is 11.8 Å². The number of benzene rings is 1. The van der Waals surface area contributed by atoms with Crippen molar-refractivity contribution in [1.82, 2.24) is 10.2 Å². The quantitative estimate of drug-likeness (QED) is 0.847. The summed E-state index contributed by atoms with van der Waals surface area (Å²) in [5.74, 6) is 7.25. The molecule has 3 rings (SSSR count). The Labute approximate surface area is 124 Å². The Kier molecular flexibility index (Phi) is 3.49. The van der Waals surface area contributed by atoms with Gasteiger partial charge in [-0.3, -0.25) is 0 Å². The van der Waals surface area contributed by atoms with Gasteiger partial charge in [-0.2, -0.15) is 0 Å². The molecule has 0 radical (unpaired) electrons. The Hall–Kier alpha value is -2.54. The molecular weight excluding hydrogens is 262 g/mol. The molecule has 4 heteroatoms. The molecule has 0 saturated heterocycles. The van der Waals surface area contributed by atoms with Crippen LogP contribution in [0.4, 0.5) is 5.82 Å². The molecular formula is C17H17N3O. The molecule has 1 aromatic heterocycles. The van der Waals surface area contributed by atoms with Crippen LogP contribution in [0.1, 0.15) is 36.8 Å². The predicted molar refractivity (Wildman–Crippen MR) is 83.2 cm³/mol. The van der Waals surface area contributed by atoms with Gasteiger partial charge in [0, 0.05) is 18.2 Å². The van der Waals surface area contributed by atoms with E-state index in [4.69, 9.17) is 0 Å². The van der Waals surface area contributed by atoms with Gasteiger partial charge in [-0.05, 0) is 55.5 Å². The van der Waals surface area contributed by atoms with Crippen molar-refractivity contribution < 1.29 is 5.11 Å². The maximum absolute atomic E-state index is 10.3. The lowest BCUT2D eigenvalue weighted by molar-refractivity contribution is 0.477. The smallest absolute Gasteiger partial charge is 0.148 e. The van der Waals surface area contributed by atoms with Gasteiger partial charge in [0.05, 0.1) is 0 Å². The number of nitrogens with one attached hydrogen (secondary N) is 1. The van der Waals surface area contributed by atoms with Gasteiger partial charge in [0.2, 0.25) is 0 Å². The molecule has 0 amide bonds. The second kappa shape index (κ2) is 5.45. The number of hydrogen-bond acceptors (Lipinski definition) is 4. The van der Waals surface area contributed by atoms with Gasteiger partial charge in [0.25, 0.3) is 0 Å². The van der Waals surface area contributed by atoms with Crippen molar-refractivity contribution in [3.8, 4) is 28.8 Å². The number of aromatic nitrogens is 2. The average Bonchev–Trinajstić information content (AvgIpc) is 3.32. The third-order valence-corrected chi connectivity index (χ3v) is 3.62. The van der Waals surface area contributed by atoms with Crippen LogP contribution in [-0.4, -0.2) is 22.4 Å². The minimum Gasteiger partial charge on any atom is -0.507 e. The van der Waals surface area contributed by atoms with E-state index in [0.29, 0.717) is 11.5 Å².